The number of nitrogens with one attached hydrogen (secondary N) is 1. The molecular formula is C22H23ClN2O5. The Morgan fingerprint density at radius 3 is 2.63 bits per heavy atom. The van der Waals surface area contributed by atoms with Crippen molar-refractivity contribution in [1.82, 2.24) is 0 Å². The molecule has 0 spiro atoms. The van der Waals surface area contributed by atoms with E-state index in [-0.39, 0.29) is 18.9 Å². The molecule has 0 radical (unpaired) electrons. The van der Waals surface area contributed by atoms with Crippen LogP contribution in [0.1, 0.15) is 18.9 Å². The third kappa shape index (κ3) is 5.10. The van der Waals surface area contributed by atoms with E-state index in [1.165, 1.54) is 4.90 Å². The van der Waals surface area contributed by atoms with Gasteiger partial charge in [0.1, 0.15) is 5.75 Å². The van der Waals surface area contributed by atoms with Gasteiger partial charge in [0.2, 0.25) is 5.91 Å². The van der Waals surface area contributed by atoms with Gasteiger partial charge < -0.3 is 19.7 Å². The molecular weight excluding hydrogens is 408 g/mol. The van der Waals surface area contributed by atoms with E-state index in [0.29, 0.717) is 28.8 Å². The molecule has 0 aromatic heterocycles. The van der Waals surface area contributed by atoms with E-state index < -0.39 is 24.4 Å². The molecule has 2 amide bonds. The molecule has 0 unspecified atom stereocenters. The summed E-state index contributed by atoms with van der Waals surface area (Å²) in [5.74, 6) is -1.12. The summed E-state index contributed by atoms with van der Waals surface area (Å²) in [6.07, 6.45) is 0.0427. The second kappa shape index (κ2) is 9.63. The average molecular weight is 431 g/mol. The number of anilines is 2. The average Bonchev–Trinajstić information content (AvgIpc) is 3.12. The summed E-state index contributed by atoms with van der Waals surface area (Å²) >= 11 is 6.03. The van der Waals surface area contributed by atoms with E-state index in [1.807, 2.05) is 6.92 Å². The molecule has 2 aromatic carbocycles. The highest BCUT2D eigenvalue weighted by Gasteiger charge is 2.36. The van der Waals surface area contributed by atoms with Crippen molar-refractivity contribution in [3.05, 3.63) is 53.1 Å². The molecule has 8 heteroatoms. The first-order valence-electron chi connectivity index (χ1n) is 9.64. The number of halogens is 1. The van der Waals surface area contributed by atoms with Crippen LogP contribution >= 0.6 is 11.6 Å². The third-order valence-corrected chi connectivity index (χ3v) is 5.21. The van der Waals surface area contributed by atoms with Crippen molar-refractivity contribution >= 4 is 40.8 Å². The number of hydrogen-bond acceptors (Lipinski definition) is 5. The Labute approximate surface area is 179 Å². The maximum atomic E-state index is 12.4. The molecule has 7 nitrogen and oxygen atoms in total. The summed E-state index contributed by atoms with van der Waals surface area (Å²) in [5.41, 5.74) is 1.97. The molecule has 30 heavy (non-hydrogen) atoms. The molecule has 158 valence electrons. The summed E-state index contributed by atoms with van der Waals surface area (Å²) in [6.45, 7) is 4.01. The Kier molecular flexibility index (Phi) is 6.95. The highest BCUT2D eigenvalue weighted by atomic mass is 35.5. The van der Waals surface area contributed by atoms with Gasteiger partial charge in [-0.05, 0) is 55.8 Å². The second-order valence-electron chi connectivity index (χ2n) is 6.90. The predicted octanol–water partition coefficient (Wildman–Crippen LogP) is 3.58. The summed E-state index contributed by atoms with van der Waals surface area (Å²) in [7, 11) is 0. The Balaban J connectivity index is 1.53. The van der Waals surface area contributed by atoms with Crippen LogP contribution < -0.4 is 15.0 Å². The zero-order chi connectivity index (χ0) is 21.7. The maximum absolute atomic E-state index is 12.4. The highest BCUT2D eigenvalue weighted by Crippen LogP contribution is 2.27. The van der Waals surface area contributed by atoms with Crippen molar-refractivity contribution in [3.63, 3.8) is 0 Å². The number of nitrogens with zero attached hydrogens (tertiary/aromatic N) is 1. The molecule has 0 bridgehead atoms. The number of rotatable bonds is 7. The highest BCUT2D eigenvalue weighted by molar-refractivity contribution is 6.31. The molecule has 1 saturated heterocycles. The van der Waals surface area contributed by atoms with Gasteiger partial charge in [-0.25, -0.2) is 0 Å². The van der Waals surface area contributed by atoms with E-state index in [1.54, 1.807) is 49.4 Å². The van der Waals surface area contributed by atoms with Crippen molar-refractivity contribution < 1.29 is 23.9 Å². The minimum Gasteiger partial charge on any atom is -0.494 e. The van der Waals surface area contributed by atoms with Gasteiger partial charge in [0.05, 0.1) is 12.5 Å². The first kappa shape index (κ1) is 21.6. The molecule has 3 rings (SSSR count). The van der Waals surface area contributed by atoms with Gasteiger partial charge in [0, 0.05) is 29.4 Å². The summed E-state index contributed by atoms with van der Waals surface area (Å²) in [6, 6.07) is 12.3. The van der Waals surface area contributed by atoms with Gasteiger partial charge in [-0.3, -0.25) is 14.4 Å². The molecule has 1 fully saturated rings. The predicted molar refractivity (Wildman–Crippen MR) is 114 cm³/mol. The second-order valence-corrected chi connectivity index (χ2v) is 7.31. The first-order valence-corrected chi connectivity index (χ1v) is 10.0. The zero-order valence-electron chi connectivity index (χ0n) is 16.8. The summed E-state index contributed by atoms with van der Waals surface area (Å²) in [4.78, 5) is 38.4. The van der Waals surface area contributed by atoms with Gasteiger partial charge in [0.25, 0.3) is 5.91 Å². The number of ether oxygens (including phenoxy) is 2. The summed E-state index contributed by atoms with van der Waals surface area (Å²) < 4.78 is 10.5. The van der Waals surface area contributed by atoms with E-state index in [9.17, 15) is 14.4 Å². The number of amides is 2. The van der Waals surface area contributed by atoms with Crippen molar-refractivity contribution in [2.24, 2.45) is 5.92 Å². The molecule has 1 aliphatic rings. The normalized spacial score (nSPS) is 15.8. The van der Waals surface area contributed by atoms with Crippen LogP contribution in [-0.4, -0.2) is 37.5 Å². The number of benzene rings is 2. The lowest BCUT2D eigenvalue weighted by molar-refractivity contribution is -0.151. The first-order chi connectivity index (χ1) is 14.4. The number of hydrogen-bond donors (Lipinski definition) is 1. The van der Waals surface area contributed by atoms with Crippen LogP contribution in [0, 0.1) is 12.8 Å². The fourth-order valence-electron chi connectivity index (χ4n) is 3.19. The van der Waals surface area contributed by atoms with Gasteiger partial charge in [0.15, 0.2) is 6.61 Å². The topological polar surface area (TPSA) is 84.9 Å². The molecule has 0 aliphatic carbocycles. The van der Waals surface area contributed by atoms with Gasteiger partial charge in [-0.1, -0.05) is 17.7 Å². The van der Waals surface area contributed by atoms with Crippen LogP contribution in [0.2, 0.25) is 5.02 Å². The molecule has 1 aliphatic heterocycles. The van der Waals surface area contributed by atoms with Gasteiger partial charge in [-0.15, -0.1) is 0 Å². The van der Waals surface area contributed by atoms with Crippen molar-refractivity contribution in [2.75, 3.05) is 30.0 Å². The Morgan fingerprint density at radius 2 is 1.93 bits per heavy atom. The van der Waals surface area contributed by atoms with E-state index >= 15 is 0 Å². The molecule has 1 N–H and O–H groups in total. The Hall–Kier alpha value is -3.06. The lowest BCUT2D eigenvalue weighted by Gasteiger charge is -2.17. The van der Waals surface area contributed by atoms with Crippen molar-refractivity contribution in [1.29, 1.82) is 0 Å². The third-order valence-electron chi connectivity index (χ3n) is 4.81. The van der Waals surface area contributed by atoms with Crippen LogP contribution in [-0.2, 0) is 19.1 Å². The number of esters is 1. The smallest absolute Gasteiger partial charge is 0.311 e. The maximum Gasteiger partial charge on any atom is 0.311 e. The van der Waals surface area contributed by atoms with E-state index in [2.05, 4.69) is 5.32 Å². The lowest BCUT2D eigenvalue weighted by atomic mass is 10.1. The standard InChI is InChI=1S/C22H23ClN2O5/c1-3-29-17-9-7-16(8-10-17)25-12-15(11-21(25)27)22(28)30-13-20(26)24-19-6-4-5-18(23)14(19)2/h4-10,15H,3,11-13H2,1-2H3,(H,24,26)/t15-/m1/s1. The Bertz CT molecular complexity index is 945. The summed E-state index contributed by atoms with van der Waals surface area (Å²) in [5, 5.41) is 3.20. The minimum atomic E-state index is -0.621. The van der Waals surface area contributed by atoms with Gasteiger partial charge in [-0.2, -0.15) is 0 Å². The lowest BCUT2D eigenvalue weighted by Crippen LogP contribution is -2.28. The van der Waals surface area contributed by atoms with Crippen LogP contribution in [0.5, 0.6) is 5.75 Å². The number of carbonyl (C=O) groups is 3. The zero-order valence-corrected chi connectivity index (χ0v) is 17.6. The van der Waals surface area contributed by atoms with Crippen LogP contribution in [0.15, 0.2) is 42.5 Å². The minimum absolute atomic E-state index is 0.0427. The van der Waals surface area contributed by atoms with Gasteiger partial charge >= 0.3 is 5.97 Å². The molecule has 1 atom stereocenters. The Morgan fingerprint density at radius 1 is 1.20 bits per heavy atom. The van der Waals surface area contributed by atoms with E-state index in [4.69, 9.17) is 21.1 Å². The largest absolute Gasteiger partial charge is 0.494 e. The van der Waals surface area contributed by atoms with Crippen molar-refractivity contribution in [2.45, 2.75) is 20.3 Å². The monoisotopic (exact) mass is 430 g/mol. The molecule has 1 heterocycles. The van der Waals surface area contributed by atoms with E-state index in [0.717, 1.165) is 5.56 Å². The van der Waals surface area contributed by atoms with Crippen molar-refractivity contribution in [3.8, 4) is 5.75 Å². The van der Waals surface area contributed by atoms with Crippen LogP contribution in [0.4, 0.5) is 11.4 Å². The number of carbonyl (C=O) groups excluding carboxylic acids is 3. The SMILES string of the molecule is CCOc1ccc(N2C[C@H](C(=O)OCC(=O)Nc3cccc(Cl)c3C)CC2=O)cc1. The van der Waals surface area contributed by atoms with Crippen LogP contribution in [0.3, 0.4) is 0 Å². The quantitative estimate of drug-likeness (QED) is 0.678. The fraction of sp³-hybridized carbons (Fsp3) is 0.318. The fourth-order valence-corrected chi connectivity index (χ4v) is 3.36. The molecule has 2 aromatic rings. The molecule has 0 saturated carbocycles. The van der Waals surface area contributed by atoms with Crippen LogP contribution in [0.25, 0.3) is 0 Å².